The van der Waals surface area contributed by atoms with Crippen LogP contribution in [0.25, 0.3) is 16.7 Å². The van der Waals surface area contributed by atoms with Crippen molar-refractivity contribution >= 4 is 8.89 Å². The molecule has 0 unspecified atom stereocenters. The van der Waals surface area contributed by atoms with Crippen molar-refractivity contribution in [3.05, 3.63) is 71.3 Å². The Balaban J connectivity index is 1.88. The number of hydrogen-bond donors (Lipinski definition) is 0. The van der Waals surface area contributed by atoms with E-state index in [1.54, 1.807) is 14.4 Å². The minimum atomic E-state index is -0.810. The molecule has 0 fully saturated rings. The summed E-state index contributed by atoms with van der Waals surface area (Å²) in [6.45, 7) is 4.82. The van der Waals surface area contributed by atoms with Gasteiger partial charge in [0.2, 0.25) is 0 Å². The standard InChI is InChI=1S/C18H13.C3H7.Hf/c1-2-6-13(5-1)14-9-10-18-16(11-14)12-15-7-3-4-8-17(15)18;1-3-2;/h1-5,7-10H,6,12H2;3H,1-2H3;. The van der Waals surface area contributed by atoms with Gasteiger partial charge in [-0.2, -0.15) is 0 Å². The van der Waals surface area contributed by atoms with Crippen LogP contribution >= 0.6 is 0 Å². The van der Waals surface area contributed by atoms with Crippen LogP contribution in [0.2, 0.25) is 3.67 Å². The van der Waals surface area contributed by atoms with E-state index in [1.165, 1.54) is 22.3 Å². The molecule has 0 bridgehead atoms. The molecule has 0 aromatic heterocycles. The maximum atomic E-state index is 2.41. The Kier molecular flexibility index (Phi) is 3.78. The zero-order chi connectivity index (χ0) is 15.1. The molecule has 0 N–H and O–H groups in total. The predicted octanol–water partition coefficient (Wildman–Crippen LogP) is 5.14. The molecule has 0 aliphatic heterocycles. The van der Waals surface area contributed by atoms with Crippen LogP contribution in [0.3, 0.4) is 0 Å². The van der Waals surface area contributed by atoms with Gasteiger partial charge in [0.15, 0.2) is 0 Å². The van der Waals surface area contributed by atoms with E-state index in [0.717, 1.165) is 16.5 Å². The van der Waals surface area contributed by atoms with E-state index in [1.807, 2.05) is 0 Å². The van der Waals surface area contributed by atoms with Gasteiger partial charge < -0.3 is 0 Å². The number of benzene rings is 2. The van der Waals surface area contributed by atoms with Gasteiger partial charge in [-0.3, -0.25) is 0 Å². The first kappa shape index (κ1) is 14.4. The van der Waals surface area contributed by atoms with Gasteiger partial charge in [-0.05, 0) is 0 Å². The Morgan fingerprint density at radius 3 is 2.55 bits per heavy atom. The molecule has 2 aliphatic carbocycles. The average Bonchev–Trinajstić information content (AvgIpc) is 3.14. The van der Waals surface area contributed by atoms with Gasteiger partial charge in [0, 0.05) is 0 Å². The summed E-state index contributed by atoms with van der Waals surface area (Å²) in [4.78, 5) is 0. The van der Waals surface area contributed by atoms with Gasteiger partial charge in [-0.1, -0.05) is 0 Å². The second-order valence-corrected chi connectivity index (χ2v) is 13.5. The van der Waals surface area contributed by atoms with Crippen molar-refractivity contribution in [1.29, 1.82) is 0 Å². The molecule has 0 saturated heterocycles. The van der Waals surface area contributed by atoms with Crippen molar-refractivity contribution in [1.82, 2.24) is 0 Å². The molecule has 0 heterocycles. The summed E-state index contributed by atoms with van der Waals surface area (Å²) in [6.07, 6.45) is 9.07. The second-order valence-electron chi connectivity index (χ2n) is 6.47. The van der Waals surface area contributed by atoms with Crippen LogP contribution in [-0.2, 0) is 29.3 Å². The Morgan fingerprint density at radius 2 is 1.77 bits per heavy atom. The van der Waals surface area contributed by atoms with Crippen molar-refractivity contribution in [2.24, 2.45) is 0 Å². The third-order valence-corrected chi connectivity index (χ3v) is 9.70. The molecule has 2 aromatic carbocycles. The van der Waals surface area contributed by atoms with Gasteiger partial charge in [0.25, 0.3) is 0 Å². The van der Waals surface area contributed by atoms with E-state index in [0.29, 0.717) is 0 Å². The molecule has 1 heteroatoms. The first-order chi connectivity index (χ1) is 10.7. The Labute approximate surface area is 144 Å². The first-order valence-corrected chi connectivity index (χ1v) is 12.0. The van der Waals surface area contributed by atoms with Gasteiger partial charge in [-0.25, -0.2) is 0 Å². The Bertz CT molecular complexity index is 794. The molecule has 108 valence electrons. The summed E-state index contributed by atoms with van der Waals surface area (Å²) in [5.41, 5.74) is 9.24. The van der Waals surface area contributed by atoms with E-state index >= 15 is 0 Å². The fourth-order valence-corrected chi connectivity index (χ4v) is 8.52. The first-order valence-electron chi connectivity index (χ1n) is 8.11. The van der Waals surface area contributed by atoms with Crippen LogP contribution in [0.4, 0.5) is 0 Å². The van der Waals surface area contributed by atoms with Crippen molar-refractivity contribution in [2.45, 2.75) is 30.4 Å². The molecule has 0 saturated carbocycles. The molecule has 0 spiro atoms. The van der Waals surface area contributed by atoms with Crippen molar-refractivity contribution in [3.8, 4) is 11.1 Å². The second kappa shape index (κ2) is 5.77. The van der Waals surface area contributed by atoms with Gasteiger partial charge >= 0.3 is 145 Å². The Morgan fingerprint density at radius 1 is 0.955 bits per heavy atom. The molecular formula is C21H20Hf. The van der Waals surface area contributed by atoms with Crippen LogP contribution in [-0.4, -0.2) is 0 Å². The van der Waals surface area contributed by atoms with E-state index in [-0.39, 0.29) is 0 Å². The number of fused-ring (bicyclic) bond motifs is 3. The minimum absolute atomic E-state index is 0.810. The zero-order valence-electron chi connectivity index (χ0n) is 13.2. The summed E-state index contributed by atoms with van der Waals surface area (Å²) in [5.74, 6) is 0. The van der Waals surface area contributed by atoms with Crippen molar-refractivity contribution in [3.63, 3.8) is 0 Å². The molecule has 2 aliphatic rings. The molecule has 0 radical (unpaired) electrons. The third kappa shape index (κ3) is 2.40. The normalized spacial score (nSPS) is 15.0. The topological polar surface area (TPSA) is 0 Å². The number of hydrogen-bond acceptors (Lipinski definition) is 0. The maximum absolute atomic E-state index is 2.41. The van der Waals surface area contributed by atoms with Crippen molar-refractivity contribution < 1.29 is 22.9 Å². The molecule has 0 amide bonds. The SMILES string of the molecule is C[CH](C)[Hf][c]1c(C2=CC=CC2)ccc2c1Cc1ccccc1-2. The molecule has 0 atom stereocenters. The quantitative estimate of drug-likeness (QED) is 0.485. The van der Waals surface area contributed by atoms with E-state index in [9.17, 15) is 0 Å². The van der Waals surface area contributed by atoms with E-state index < -0.39 is 22.9 Å². The molecule has 0 nitrogen and oxygen atoms in total. The zero-order valence-corrected chi connectivity index (χ0v) is 16.8. The molecule has 4 rings (SSSR count). The van der Waals surface area contributed by atoms with Crippen LogP contribution in [0.1, 0.15) is 37.0 Å². The third-order valence-electron chi connectivity index (χ3n) is 4.54. The van der Waals surface area contributed by atoms with Crippen LogP contribution < -0.4 is 3.32 Å². The van der Waals surface area contributed by atoms with Crippen LogP contribution in [0.15, 0.2) is 54.6 Å². The monoisotopic (exact) mass is 452 g/mol. The summed E-state index contributed by atoms with van der Waals surface area (Å²) in [5, 5.41) is 0. The predicted molar refractivity (Wildman–Crippen MR) is 91.2 cm³/mol. The summed E-state index contributed by atoms with van der Waals surface area (Å²) in [6, 6.07) is 13.7. The average molecular weight is 451 g/mol. The van der Waals surface area contributed by atoms with E-state index in [4.69, 9.17) is 0 Å². The summed E-state index contributed by atoms with van der Waals surface area (Å²) >= 11 is -0.810. The van der Waals surface area contributed by atoms with Gasteiger partial charge in [-0.15, -0.1) is 0 Å². The molecule has 22 heavy (non-hydrogen) atoms. The fraction of sp³-hybridized carbons (Fsp3) is 0.238. The van der Waals surface area contributed by atoms with Crippen molar-refractivity contribution in [2.75, 3.05) is 0 Å². The van der Waals surface area contributed by atoms with Gasteiger partial charge in [0.05, 0.1) is 0 Å². The molecule has 2 aromatic rings. The Hall–Kier alpha value is -1.21. The number of allylic oxidation sites excluding steroid dienone is 4. The van der Waals surface area contributed by atoms with E-state index in [2.05, 4.69) is 68.5 Å². The fourth-order valence-electron chi connectivity index (χ4n) is 3.58. The van der Waals surface area contributed by atoms with Crippen LogP contribution in [0, 0.1) is 0 Å². The van der Waals surface area contributed by atoms with Crippen LogP contribution in [0.5, 0.6) is 0 Å². The summed E-state index contributed by atoms with van der Waals surface area (Å²) in [7, 11) is 0. The molecular weight excluding hydrogens is 431 g/mol. The summed E-state index contributed by atoms with van der Waals surface area (Å²) < 4.78 is 2.66. The number of rotatable bonds is 3. The van der Waals surface area contributed by atoms with Gasteiger partial charge in [0.1, 0.15) is 0 Å².